The van der Waals surface area contributed by atoms with Gasteiger partial charge in [0.15, 0.2) is 5.96 Å². The molecule has 1 atom stereocenters. The highest BCUT2D eigenvalue weighted by Crippen LogP contribution is 2.27. The molecule has 0 radical (unpaired) electrons. The Morgan fingerprint density at radius 2 is 2.17 bits per heavy atom. The van der Waals surface area contributed by atoms with E-state index in [1.165, 1.54) is 0 Å². The maximum Gasteiger partial charge on any atom is 0.253 e. The number of carbonyl (C=O) groups excluding carboxylic acids is 1. The molecule has 0 spiro atoms. The molecule has 1 unspecified atom stereocenters. The molecule has 6 heteroatoms. The molecule has 0 saturated carbocycles. The highest BCUT2D eigenvalue weighted by Gasteiger charge is 2.31. The van der Waals surface area contributed by atoms with Crippen LogP contribution < -0.4 is 10.6 Å². The summed E-state index contributed by atoms with van der Waals surface area (Å²) in [5.41, 5.74) is 0.656. The standard InChI is InChI=1S/C12H13Cl2N3O/c1-2-5-15-12-16-10(11(18)17-12)8-6-7(13)3-4-9(8)14/h3-4,6,10H,2,5H2,1H3,(H2,15,16,17,18). The van der Waals surface area contributed by atoms with Gasteiger partial charge in [0.1, 0.15) is 6.04 Å². The second-order valence-corrected chi connectivity index (χ2v) is 4.81. The molecular formula is C12H13Cl2N3O. The molecule has 1 heterocycles. The third-order valence-electron chi connectivity index (χ3n) is 2.55. The van der Waals surface area contributed by atoms with Gasteiger partial charge in [-0.2, -0.15) is 0 Å². The molecule has 1 saturated heterocycles. The summed E-state index contributed by atoms with van der Waals surface area (Å²) in [7, 11) is 0. The SMILES string of the molecule is CCCN=C1NC(=O)C(c2cc(Cl)ccc2Cl)N1. The number of hydrogen-bond acceptors (Lipinski definition) is 2. The van der Waals surface area contributed by atoms with Crippen LogP contribution >= 0.6 is 23.2 Å². The first-order chi connectivity index (χ1) is 8.61. The fourth-order valence-corrected chi connectivity index (χ4v) is 2.10. The van der Waals surface area contributed by atoms with E-state index in [0.717, 1.165) is 6.42 Å². The van der Waals surface area contributed by atoms with Gasteiger partial charge >= 0.3 is 0 Å². The highest BCUT2D eigenvalue weighted by molar-refractivity contribution is 6.34. The van der Waals surface area contributed by atoms with Crippen LogP contribution in [0.4, 0.5) is 0 Å². The van der Waals surface area contributed by atoms with Gasteiger partial charge in [0.05, 0.1) is 0 Å². The summed E-state index contributed by atoms with van der Waals surface area (Å²) in [5.74, 6) is 0.317. The van der Waals surface area contributed by atoms with E-state index in [-0.39, 0.29) is 5.91 Å². The summed E-state index contributed by atoms with van der Waals surface area (Å²) < 4.78 is 0. The molecule has 2 N–H and O–H groups in total. The van der Waals surface area contributed by atoms with Crippen molar-refractivity contribution in [3.63, 3.8) is 0 Å². The van der Waals surface area contributed by atoms with Gasteiger partial charge in [-0.1, -0.05) is 30.1 Å². The molecular weight excluding hydrogens is 273 g/mol. The average molecular weight is 286 g/mol. The van der Waals surface area contributed by atoms with Gasteiger partial charge < -0.3 is 5.32 Å². The van der Waals surface area contributed by atoms with Gasteiger partial charge in [0.2, 0.25) is 0 Å². The molecule has 0 aromatic heterocycles. The summed E-state index contributed by atoms with van der Waals surface area (Å²) in [4.78, 5) is 16.1. The van der Waals surface area contributed by atoms with Crippen LogP contribution in [0.5, 0.6) is 0 Å². The minimum absolute atomic E-state index is 0.172. The van der Waals surface area contributed by atoms with E-state index in [9.17, 15) is 4.79 Å². The van der Waals surface area contributed by atoms with Gasteiger partial charge in [-0.15, -0.1) is 0 Å². The lowest BCUT2D eigenvalue weighted by molar-refractivity contribution is -0.120. The number of nitrogens with one attached hydrogen (secondary N) is 2. The number of rotatable bonds is 3. The van der Waals surface area contributed by atoms with E-state index in [2.05, 4.69) is 15.6 Å². The van der Waals surface area contributed by atoms with Crippen molar-refractivity contribution in [2.45, 2.75) is 19.4 Å². The fraction of sp³-hybridized carbons (Fsp3) is 0.333. The van der Waals surface area contributed by atoms with Gasteiger partial charge in [-0.05, 0) is 24.6 Å². The fourth-order valence-electron chi connectivity index (χ4n) is 1.69. The van der Waals surface area contributed by atoms with Crippen LogP contribution in [0.1, 0.15) is 24.9 Å². The normalized spacial score (nSPS) is 20.9. The Bertz CT molecular complexity index is 502. The molecule has 4 nitrogen and oxygen atoms in total. The first-order valence-electron chi connectivity index (χ1n) is 5.68. The van der Waals surface area contributed by atoms with Gasteiger partial charge in [0, 0.05) is 22.2 Å². The zero-order chi connectivity index (χ0) is 13.1. The van der Waals surface area contributed by atoms with E-state index in [1.54, 1.807) is 18.2 Å². The Morgan fingerprint density at radius 1 is 1.39 bits per heavy atom. The van der Waals surface area contributed by atoms with Crippen LogP contribution in [0.25, 0.3) is 0 Å². The van der Waals surface area contributed by atoms with Crippen molar-refractivity contribution in [1.29, 1.82) is 0 Å². The third kappa shape index (κ3) is 2.76. The molecule has 1 aromatic rings. The van der Waals surface area contributed by atoms with E-state index in [4.69, 9.17) is 23.2 Å². The number of amides is 1. The molecule has 0 bridgehead atoms. The van der Waals surface area contributed by atoms with Crippen molar-refractivity contribution in [3.8, 4) is 0 Å². The molecule has 1 fully saturated rings. The maximum absolute atomic E-state index is 11.9. The summed E-state index contributed by atoms with van der Waals surface area (Å²) in [6.07, 6.45) is 0.920. The topological polar surface area (TPSA) is 53.5 Å². The summed E-state index contributed by atoms with van der Waals surface area (Å²) in [6.45, 7) is 2.69. The van der Waals surface area contributed by atoms with Gasteiger partial charge in [-0.25, -0.2) is 0 Å². The predicted molar refractivity (Wildman–Crippen MR) is 73.1 cm³/mol. The molecule has 0 aliphatic carbocycles. The number of halogens is 2. The maximum atomic E-state index is 11.9. The van der Waals surface area contributed by atoms with Crippen LogP contribution in [0, 0.1) is 0 Å². The van der Waals surface area contributed by atoms with E-state index < -0.39 is 6.04 Å². The Labute approximate surface area is 115 Å². The lowest BCUT2D eigenvalue weighted by Crippen LogP contribution is -2.25. The number of benzene rings is 1. The molecule has 1 aliphatic heterocycles. The Kier molecular flexibility index (Phi) is 4.09. The summed E-state index contributed by atoms with van der Waals surface area (Å²) in [5, 5.41) is 6.74. The quantitative estimate of drug-likeness (QED) is 0.897. The Balaban J connectivity index is 2.24. The van der Waals surface area contributed by atoms with Crippen molar-refractivity contribution in [1.82, 2.24) is 10.6 Å². The number of hydrogen-bond donors (Lipinski definition) is 2. The summed E-state index contributed by atoms with van der Waals surface area (Å²) >= 11 is 12.0. The number of aliphatic imine (C=N–C) groups is 1. The van der Waals surface area contributed by atoms with E-state index in [1.807, 2.05) is 6.92 Å². The van der Waals surface area contributed by atoms with Crippen LogP contribution in [0.15, 0.2) is 23.2 Å². The zero-order valence-corrected chi connectivity index (χ0v) is 11.3. The van der Waals surface area contributed by atoms with E-state index >= 15 is 0 Å². The lowest BCUT2D eigenvalue weighted by Gasteiger charge is -2.10. The molecule has 18 heavy (non-hydrogen) atoms. The monoisotopic (exact) mass is 285 g/mol. The minimum Gasteiger partial charge on any atom is -0.340 e. The minimum atomic E-state index is -0.535. The first kappa shape index (κ1) is 13.2. The van der Waals surface area contributed by atoms with Gasteiger partial charge in [0.25, 0.3) is 5.91 Å². The van der Waals surface area contributed by atoms with Crippen molar-refractivity contribution in [2.24, 2.45) is 4.99 Å². The van der Waals surface area contributed by atoms with E-state index in [0.29, 0.717) is 28.1 Å². The Hall–Kier alpha value is -1.26. The number of nitrogens with zero attached hydrogens (tertiary/aromatic N) is 1. The smallest absolute Gasteiger partial charge is 0.253 e. The molecule has 1 aliphatic rings. The van der Waals surface area contributed by atoms with Gasteiger partial charge in [-0.3, -0.25) is 15.1 Å². The van der Waals surface area contributed by atoms with Crippen LogP contribution in [-0.4, -0.2) is 18.4 Å². The molecule has 1 aromatic carbocycles. The van der Waals surface area contributed by atoms with Crippen molar-refractivity contribution in [2.75, 3.05) is 6.54 Å². The average Bonchev–Trinajstić information content (AvgIpc) is 2.71. The highest BCUT2D eigenvalue weighted by atomic mass is 35.5. The van der Waals surface area contributed by atoms with Crippen molar-refractivity contribution >= 4 is 35.1 Å². The zero-order valence-electron chi connectivity index (χ0n) is 9.84. The first-order valence-corrected chi connectivity index (χ1v) is 6.44. The van der Waals surface area contributed by atoms with Crippen molar-refractivity contribution < 1.29 is 4.79 Å². The molecule has 1 amide bonds. The molecule has 96 valence electrons. The number of carbonyl (C=O) groups is 1. The number of guanidine groups is 1. The Morgan fingerprint density at radius 3 is 2.89 bits per heavy atom. The van der Waals surface area contributed by atoms with Crippen LogP contribution in [-0.2, 0) is 4.79 Å². The lowest BCUT2D eigenvalue weighted by atomic mass is 10.1. The van der Waals surface area contributed by atoms with Crippen LogP contribution in [0.2, 0.25) is 10.0 Å². The molecule has 2 rings (SSSR count). The van der Waals surface area contributed by atoms with Crippen molar-refractivity contribution in [3.05, 3.63) is 33.8 Å². The largest absolute Gasteiger partial charge is 0.340 e. The third-order valence-corrected chi connectivity index (χ3v) is 3.13. The predicted octanol–water partition coefficient (Wildman–Crippen LogP) is 2.52. The second-order valence-electron chi connectivity index (χ2n) is 3.96. The van der Waals surface area contributed by atoms with Crippen LogP contribution in [0.3, 0.4) is 0 Å². The second kappa shape index (κ2) is 5.59. The summed E-state index contributed by atoms with van der Waals surface area (Å²) in [6, 6.07) is 4.51.